The molecule has 0 radical (unpaired) electrons. The van der Waals surface area contributed by atoms with Gasteiger partial charge in [-0.05, 0) is 51.7 Å². The molecule has 2 heterocycles. The average Bonchev–Trinajstić information content (AvgIpc) is 2.59. The molecule has 1 aliphatic rings. The molecule has 1 aromatic carbocycles. The van der Waals surface area contributed by atoms with E-state index < -0.39 is 0 Å². The van der Waals surface area contributed by atoms with Crippen molar-refractivity contribution in [3.8, 4) is 5.75 Å². The molecule has 0 atom stereocenters. The second-order valence-corrected chi connectivity index (χ2v) is 7.34. The highest BCUT2D eigenvalue weighted by Crippen LogP contribution is 2.42. The van der Waals surface area contributed by atoms with E-state index in [0.29, 0.717) is 0 Å². The van der Waals surface area contributed by atoms with E-state index in [-0.39, 0.29) is 6.10 Å². The Morgan fingerprint density at radius 2 is 1.73 bits per heavy atom. The van der Waals surface area contributed by atoms with Crippen LogP contribution in [0.2, 0.25) is 0 Å². The van der Waals surface area contributed by atoms with Gasteiger partial charge in [0.25, 0.3) is 0 Å². The van der Waals surface area contributed by atoms with Crippen LogP contribution in [0.5, 0.6) is 5.75 Å². The van der Waals surface area contributed by atoms with Crippen molar-refractivity contribution in [2.75, 3.05) is 23.3 Å². The fourth-order valence-corrected chi connectivity index (χ4v) is 3.93. The molecule has 0 aliphatic carbocycles. The Hall–Kier alpha value is -2.23. The first-order valence-corrected chi connectivity index (χ1v) is 9.72. The lowest BCUT2D eigenvalue weighted by molar-refractivity contribution is 0.193. The molecule has 0 spiro atoms. The van der Waals surface area contributed by atoms with Crippen LogP contribution in [0.3, 0.4) is 0 Å². The van der Waals surface area contributed by atoms with Gasteiger partial charge in [0.05, 0.1) is 6.10 Å². The first-order valence-electron chi connectivity index (χ1n) is 9.72. The Bertz CT molecular complexity index is 773. The van der Waals surface area contributed by atoms with E-state index in [1.807, 2.05) is 6.92 Å². The third-order valence-corrected chi connectivity index (χ3v) is 5.09. The van der Waals surface area contributed by atoms with Gasteiger partial charge in [-0.15, -0.1) is 0 Å². The van der Waals surface area contributed by atoms with Crippen LogP contribution in [-0.4, -0.2) is 24.2 Å². The zero-order valence-electron chi connectivity index (χ0n) is 16.9. The van der Waals surface area contributed by atoms with Gasteiger partial charge >= 0.3 is 0 Å². The number of ether oxygens (including phenoxy) is 1. The maximum absolute atomic E-state index is 6.33. The van der Waals surface area contributed by atoms with Crippen LogP contribution in [0, 0.1) is 27.7 Å². The fourth-order valence-electron chi connectivity index (χ4n) is 3.93. The molecule has 26 heavy (non-hydrogen) atoms. The summed E-state index contributed by atoms with van der Waals surface area (Å²) in [5.74, 6) is 1.90. The maximum Gasteiger partial charge on any atom is 0.160 e. The van der Waals surface area contributed by atoms with Gasteiger partial charge in [0.1, 0.15) is 11.4 Å². The van der Waals surface area contributed by atoms with Crippen LogP contribution in [0.15, 0.2) is 18.2 Å². The monoisotopic (exact) mass is 353 g/mol. The van der Waals surface area contributed by atoms with Gasteiger partial charge in [0, 0.05) is 30.5 Å². The molecule has 0 amide bonds. The molecule has 0 saturated heterocycles. The van der Waals surface area contributed by atoms with Gasteiger partial charge < -0.3 is 15.0 Å². The first-order chi connectivity index (χ1) is 12.4. The summed E-state index contributed by atoms with van der Waals surface area (Å²) in [5, 5.41) is 3.53. The number of pyridine rings is 1. The predicted octanol–water partition coefficient (Wildman–Crippen LogP) is 5.45. The molecular formula is C22H31N3O. The largest absolute Gasteiger partial charge is 0.488 e. The lowest BCUT2D eigenvalue weighted by atomic mass is 10.0. The van der Waals surface area contributed by atoms with Gasteiger partial charge in [-0.2, -0.15) is 0 Å². The normalized spacial score (nSPS) is 13.6. The van der Waals surface area contributed by atoms with Crippen molar-refractivity contribution in [2.45, 2.75) is 60.5 Å². The third-order valence-electron chi connectivity index (χ3n) is 5.09. The number of hydrogen-bond acceptors (Lipinski definition) is 4. The van der Waals surface area contributed by atoms with Gasteiger partial charge in [-0.3, -0.25) is 0 Å². The number of hydrogen-bond donors (Lipinski definition) is 1. The highest BCUT2D eigenvalue weighted by Gasteiger charge is 2.26. The van der Waals surface area contributed by atoms with Crippen molar-refractivity contribution >= 4 is 17.2 Å². The number of aromatic nitrogens is 1. The standard InChI is InChI=1S/C22H31N3O/c1-7-18(8-2)26-19-13-17(6)24-22-20(19)23-9-10-25(22)21-15(4)11-14(3)12-16(21)5/h11-13,18,23H,7-10H2,1-6H3. The lowest BCUT2D eigenvalue weighted by Crippen LogP contribution is -2.33. The first kappa shape index (κ1) is 18.6. The molecule has 4 nitrogen and oxygen atoms in total. The maximum atomic E-state index is 6.33. The summed E-state index contributed by atoms with van der Waals surface area (Å²) in [5.41, 5.74) is 7.16. The predicted molar refractivity (Wildman–Crippen MR) is 110 cm³/mol. The molecule has 0 unspecified atom stereocenters. The summed E-state index contributed by atoms with van der Waals surface area (Å²) in [7, 11) is 0. The Morgan fingerprint density at radius 1 is 1.08 bits per heavy atom. The highest BCUT2D eigenvalue weighted by atomic mass is 16.5. The number of aryl methyl sites for hydroxylation is 4. The number of rotatable bonds is 5. The summed E-state index contributed by atoms with van der Waals surface area (Å²) in [6.07, 6.45) is 2.25. The summed E-state index contributed by atoms with van der Waals surface area (Å²) in [4.78, 5) is 7.23. The van der Waals surface area contributed by atoms with Crippen LogP contribution in [0.25, 0.3) is 0 Å². The topological polar surface area (TPSA) is 37.4 Å². The van der Waals surface area contributed by atoms with Crippen molar-refractivity contribution < 1.29 is 4.74 Å². The number of benzene rings is 1. The van der Waals surface area contributed by atoms with E-state index >= 15 is 0 Å². The molecule has 0 fully saturated rings. The zero-order chi connectivity index (χ0) is 18.8. The Kier molecular flexibility index (Phi) is 5.40. The van der Waals surface area contributed by atoms with Crippen LogP contribution in [0.1, 0.15) is 49.1 Å². The third kappa shape index (κ3) is 3.50. The SMILES string of the molecule is CCC(CC)Oc1cc(C)nc2c1NCCN2c1c(C)cc(C)cc1C. The number of fused-ring (bicyclic) bond motifs is 1. The van der Waals surface area contributed by atoms with Crippen LogP contribution < -0.4 is 15.0 Å². The molecule has 1 aromatic heterocycles. The van der Waals surface area contributed by atoms with Gasteiger partial charge in [-0.25, -0.2) is 4.98 Å². The van der Waals surface area contributed by atoms with Crippen molar-refractivity contribution in [2.24, 2.45) is 0 Å². The summed E-state index contributed by atoms with van der Waals surface area (Å²) >= 11 is 0. The lowest BCUT2D eigenvalue weighted by Gasteiger charge is -2.34. The highest BCUT2D eigenvalue weighted by molar-refractivity contribution is 5.82. The minimum Gasteiger partial charge on any atom is -0.488 e. The van der Waals surface area contributed by atoms with E-state index in [9.17, 15) is 0 Å². The molecule has 1 N–H and O–H groups in total. The Balaban J connectivity index is 2.09. The average molecular weight is 354 g/mol. The van der Waals surface area contributed by atoms with Gasteiger partial charge in [0.15, 0.2) is 5.82 Å². The van der Waals surface area contributed by atoms with E-state index in [2.05, 4.69) is 63.0 Å². The van der Waals surface area contributed by atoms with Crippen LogP contribution >= 0.6 is 0 Å². The molecule has 4 heteroatoms. The van der Waals surface area contributed by atoms with E-state index in [4.69, 9.17) is 9.72 Å². The van der Waals surface area contributed by atoms with Crippen LogP contribution in [-0.2, 0) is 0 Å². The summed E-state index contributed by atoms with van der Waals surface area (Å²) in [6, 6.07) is 6.56. The van der Waals surface area contributed by atoms with Gasteiger partial charge in [0.2, 0.25) is 0 Å². The molecule has 140 valence electrons. The second-order valence-electron chi connectivity index (χ2n) is 7.34. The minimum absolute atomic E-state index is 0.237. The van der Waals surface area contributed by atoms with Crippen molar-refractivity contribution in [3.63, 3.8) is 0 Å². The Labute approximate surface area is 157 Å². The number of nitrogens with zero attached hydrogens (tertiary/aromatic N) is 2. The van der Waals surface area contributed by atoms with Gasteiger partial charge in [-0.1, -0.05) is 31.5 Å². The number of nitrogens with one attached hydrogen (secondary N) is 1. The molecular weight excluding hydrogens is 322 g/mol. The quantitative estimate of drug-likeness (QED) is 0.776. The molecule has 3 rings (SSSR count). The van der Waals surface area contributed by atoms with E-state index in [0.717, 1.165) is 48.9 Å². The molecule has 1 aliphatic heterocycles. The fraction of sp³-hybridized carbons (Fsp3) is 0.500. The smallest absolute Gasteiger partial charge is 0.160 e. The van der Waals surface area contributed by atoms with Crippen molar-refractivity contribution in [3.05, 3.63) is 40.6 Å². The molecule has 0 bridgehead atoms. The minimum atomic E-state index is 0.237. The molecule has 2 aromatic rings. The van der Waals surface area contributed by atoms with E-state index in [1.54, 1.807) is 0 Å². The van der Waals surface area contributed by atoms with Crippen molar-refractivity contribution in [1.29, 1.82) is 0 Å². The second kappa shape index (κ2) is 7.56. The van der Waals surface area contributed by atoms with Crippen LogP contribution in [0.4, 0.5) is 17.2 Å². The van der Waals surface area contributed by atoms with E-state index in [1.165, 1.54) is 22.4 Å². The summed E-state index contributed by atoms with van der Waals surface area (Å²) < 4.78 is 6.33. The van der Waals surface area contributed by atoms with Crippen molar-refractivity contribution in [1.82, 2.24) is 4.98 Å². The Morgan fingerprint density at radius 3 is 2.35 bits per heavy atom. The number of anilines is 3. The molecule has 0 saturated carbocycles. The summed E-state index contributed by atoms with van der Waals surface area (Å²) in [6.45, 7) is 14.7. The zero-order valence-corrected chi connectivity index (χ0v) is 16.9.